The largest absolute Gasteiger partial charge is 0.361 e. The fourth-order valence-electron chi connectivity index (χ4n) is 1.74. The van der Waals surface area contributed by atoms with Crippen LogP contribution in [-0.2, 0) is 13.0 Å². The molecule has 2 rings (SSSR count). The zero-order valence-corrected chi connectivity index (χ0v) is 7.80. The van der Waals surface area contributed by atoms with Crippen molar-refractivity contribution in [2.45, 2.75) is 19.9 Å². The van der Waals surface area contributed by atoms with Crippen LogP contribution in [0, 0.1) is 0 Å². The molecule has 2 aromatic rings. The van der Waals surface area contributed by atoms with Crippen LogP contribution in [0.25, 0.3) is 10.9 Å². The van der Waals surface area contributed by atoms with Gasteiger partial charge in [-0.15, -0.1) is 0 Å². The standard InChI is InChI=1S/C11H14N2/c1-2-8-4-3-5-10-9(6-12)7-13-11(8)10/h3-5,7,13H,2,6,12H2,1H3. The molecule has 2 nitrogen and oxygen atoms in total. The molecule has 0 bridgehead atoms. The molecule has 0 atom stereocenters. The second-order valence-corrected chi connectivity index (χ2v) is 3.21. The summed E-state index contributed by atoms with van der Waals surface area (Å²) in [5.41, 5.74) is 9.43. The number of rotatable bonds is 2. The fraction of sp³-hybridized carbons (Fsp3) is 0.273. The van der Waals surface area contributed by atoms with E-state index in [1.54, 1.807) is 0 Å². The van der Waals surface area contributed by atoms with Crippen molar-refractivity contribution in [3.8, 4) is 0 Å². The molecule has 68 valence electrons. The predicted octanol–water partition coefficient (Wildman–Crippen LogP) is 2.19. The monoisotopic (exact) mass is 174 g/mol. The van der Waals surface area contributed by atoms with Gasteiger partial charge in [-0.05, 0) is 17.5 Å². The molecule has 0 unspecified atom stereocenters. The van der Waals surface area contributed by atoms with Gasteiger partial charge in [-0.3, -0.25) is 0 Å². The van der Waals surface area contributed by atoms with Gasteiger partial charge in [-0.2, -0.15) is 0 Å². The maximum atomic E-state index is 5.63. The van der Waals surface area contributed by atoms with E-state index in [0.29, 0.717) is 6.54 Å². The van der Waals surface area contributed by atoms with Gasteiger partial charge in [0.1, 0.15) is 0 Å². The Bertz CT molecular complexity index is 415. The number of nitrogens with two attached hydrogens (primary N) is 1. The molecule has 2 heteroatoms. The summed E-state index contributed by atoms with van der Waals surface area (Å²) < 4.78 is 0. The Hall–Kier alpha value is -1.28. The molecule has 1 heterocycles. The van der Waals surface area contributed by atoms with Crippen molar-refractivity contribution in [3.05, 3.63) is 35.5 Å². The van der Waals surface area contributed by atoms with E-state index in [2.05, 4.69) is 30.1 Å². The summed E-state index contributed by atoms with van der Waals surface area (Å²) in [5, 5.41) is 1.27. The lowest BCUT2D eigenvalue weighted by Gasteiger charge is -1.99. The zero-order valence-electron chi connectivity index (χ0n) is 7.80. The topological polar surface area (TPSA) is 41.8 Å². The van der Waals surface area contributed by atoms with Gasteiger partial charge in [0.2, 0.25) is 0 Å². The summed E-state index contributed by atoms with van der Waals surface area (Å²) in [7, 11) is 0. The second-order valence-electron chi connectivity index (χ2n) is 3.21. The van der Waals surface area contributed by atoms with E-state index in [1.807, 2.05) is 6.20 Å². The van der Waals surface area contributed by atoms with Crippen molar-refractivity contribution in [3.63, 3.8) is 0 Å². The predicted molar refractivity (Wildman–Crippen MR) is 55.6 cm³/mol. The van der Waals surface area contributed by atoms with Crippen LogP contribution in [-0.4, -0.2) is 4.98 Å². The third-order valence-electron chi connectivity index (χ3n) is 2.49. The Kier molecular flexibility index (Phi) is 2.07. The molecule has 1 aromatic carbocycles. The average Bonchev–Trinajstić information content (AvgIpc) is 2.60. The number of para-hydroxylation sites is 1. The number of hydrogen-bond acceptors (Lipinski definition) is 1. The van der Waals surface area contributed by atoms with E-state index >= 15 is 0 Å². The molecule has 0 fully saturated rings. The van der Waals surface area contributed by atoms with E-state index in [-0.39, 0.29) is 0 Å². The average molecular weight is 174 g/mol. The Morgan fingerprint density at radius 1 is 1.31 bits per heavy atom. The normalized spacial score (nSPS) is 10.9. The number of H-pyrrole nitrogens is 1. The lowest BCUT2D eigenvalue weighted by Crippen LogP contribution is -1.94. The van der Waals surface area contributed by atoms with Gasteiger partial charge in [0.25, 0.3) is 0 Å². The zero-order chi connectivity index (χ0) is 9.26. The molecule has 0 saturated heterocycles. The molecular weight excluding hydrogens is 160 g/mol. The highest BCUT2D eigenvalue weighted by atomic mass is 14.7. The van der Waals surface area contributed by atoms with E-state index in [9.17, 15) is 0 Å². The number of hydrogen-bond donors (Lipinski definition) is 2. The first-order chi connectivity index (χ1) is 6.36. The summed E-state index contributed by atoms with van der Waals surface area (Å²) in [5.74, 6) is 0. The number of fused-ring (bicyclic) bond motifs is 1. The Labute approximate surface area is 77.8 Å². The van der Waals surface area contributed by atoms with Crippen LogP contribution < -0.4 is 5.73 Å². The van der Waals surface area contributed by atoms with E-state index in [1.165, 1.54) is 22.0 Å². The van der Waals surface area contributed by atoms with Gasteiger partial charge in [0.15, 0.2) is 0 Å². The third-order valence-corrected chi connectivity index (χ3v) is 2.49. The smallest absolute Gasteiger partial charge is 0.0489 e. The summed E-state index contributed by atoms with van der Waals surface area (Å²) >= 11 is 0. The van der Waals surface area contributed by atoms with Crippen molar-refractivity contribution in [1.82, 2.24) is 4.98 Å². The van der Waals surface area contributed by atoms with E-state index in [0.717, 1.165) is 6.42 Å². The van der Waals surface area contributed by atoms with Gasteiger partial charge in [-0.1, -0.05) is 25.1 Å². The van der Waals surface area contributed by atoms with Crippen LogP contribution in [0.2, 0.25) is 0 Å². The van der Waals surface area contributed by atoms with Crippen molar-refractivity contribution in [2.75, 3.05) is 0 Å². The molecule has 0 saturated carbocycles. The van der Waals surface area contributed by atoms with Gasteiger partial charge in [-0.25, -0.2) is 0 Å². The highest BCUT2D eigenvalue weighted by molar-refractivity contribution is 5.86. The quantitative estimate of drug-likeness (QED) is 0.720. The van der Waals surface area contributed by atoms with Crippen molar-refractivity contribution in [1.29, 1.82) is 0 Å². The maximum absolute atomic E-state index is 5.63. The van der Waals surface area contributed by atoms with Crippen molar-refractivity contribution >= 4 is 10.9 Å². The molecule has 1 aromatic heterocycles. The molecular formula is C11H14N2. The molecule has 13 heavy (non-hydrogen) atoms. The highest BCUT2D eigenvalue weighted by Gasteiger charge is 2.03. The summed E-state index contributed by atoms with van der Waals surface area (Å²) in [6, 6.07) is 6.36. The summed E-state index contributed by atoms with van der Waals surface area (Å²) in [4.78, 5) is 3.28. The lowest BCUT2D eigenvalue weighted by atomic mass is 10.1. The van der Waals surface area contributed by atoms with Crippen LogP contribution in [0.4, 0.5) is 0 Å². The number of aromatic amines is 1. The Balaban J connectivity index is 2.72. The first kappa shape index (κ1) is 8.32. The number of benzene rings is 1. The van der Waals surface area contributed by atoms with Gasteiger partial charge < -0.3 is 10.7 Å². The minimum absolute atomic E-state index is 0.604. The summed E-state index contributed by atoms with van der Waals surface area (Å²) in [6.45, 7) is 2.77. The number of nitrogens with one attached hydrogen (secondary N) is 1. The van der Waals surface area contributed by atoms with Crippen LogP contribution in [0.15, 0.2) is 24.4 Å². The lowest BCUT2D eigenvalue weighted by molar-refractivity contribution is 1.08. The van der Waals surface area contributed by atoms with Crippen LogP contribution in [0.1, 0.15) is 18.1 Å². The molecule has 0 spiro atoms. The fourth-order valence-corrected chi connectivity index (χ4v) is 1.74. The van der Waals surface area contributed by atoms with Gasteiger partial charge in [0, 0.05) is 23.6 Å². The Morgan fingerprint density at radius 3 is 2.85 bits per heavy atom. The first-order valence-corrected chi connectivity index (χ1v) is 4.64. The van der Waals surface area contributed by atoms with Crippen LogP contribution >= 0.6 is 0 Å². The van der Waals surface area contributed by atoms with E-state index < -0.39 is 0 Å². The maximum Gasteiger partial charge on any atom is 0.0489 e. The first-order valence-electron chi connectivity index (χ1n) is 4.64. The van der Waals surface area contributed by atoms with Crippen molar-refractivity contribution < 1.29 is 0 Å². The SMILES string of the molecule is CCc1cccc2c(CN)c[nH]c12. The number of aromatic nitrogens is 1. The third kappa shape index (κ3) is 1.23. The minimum atomic E-state index is 0.604. The summed E-state index contributed by atoms with van der Waals surface area (Å²) in [6.07, 6.45) is 3.06. The molecule has 3 N–H and O–H groups in total. The molecule has 0 amide bonds. The highest BCUT2D eigenvalue weighted by Crippen LogP contribution is 2.21. The van der Waals surface area contributed by atoms with Gasteiger partial charge in [0.05, 0.1) is 0 Å². The molecule has 0 radical (unpaired) electrons. The minimum Gasteiger partial charge on any atom is -0.361 e. The second kappa shape index (κ2) is 3.23. The van der Waals surface area contributed by atoms with E-state index in [4.69, 9.17) is 5.73 Å². The van der Waals surface area contributed by atoms with Crippen LogP contribution in [0.5, 0.6) is 0 Å². The van der Waals surface area contributed by atoms with Crippen LogP contribution in [0.3, 0.4) is 0 Å². The van der Waals surface area contributed by atoms with Gasteiger partial charge >= 0.3 is 0 Å². The molecule has 0 aliphatic carbocycles. The van der Waals surface area contributed by atoms with Crippen molar-refractivity contribution in [2.24, 2.45) is 5.73 Å². The molecule has 0 aliphatic heterocycles. The Morgan fingerprint density at radius 2 is 2.15 bits per heavy atom. The number of aryl methyl sites for hydroxylation is 1. The molecule has 0 aliphatic rings.